The Morgan fingerprint density at radius 2 is 1.96 bits per heavy atom. The number of hydrogen-bond donors (Lipinski definition) is 0. The van der Waals surface area contributed by atoms with Crippen LogP contribution in [0.5, 0.6) is 0 Å². The second-order valence-corrected chi connectivity index (χ2v) is 6.13. The molecule has 0 atom stereocenters. The van der Waals surface area contributed by atoms with Gasteiger partial charge in [0.15, 0.2) is 5.65 Å². The van der Waals surface area contributed by atoms with Crippen molar-refractivity contribution in [1.29, 1.82) is 5.26 Å². The molecule has 0 bridgehead atoms. The maximum atomic E-state index is 8.93. The van der Waals surface area contributed by atoms with Crippen LogP contribution < -0.4 is 0 Å². The summed E-state index contributed by atoms with van der Waals surface area (Å²) in [7, 11) is 0. The zero-order valence-corrected chi connectivity index (χ0v) is 15.3. The minimum Gasteiger partial charge on any atom is -0.289 e. The van der Waals surface area contributed by atoms with Crippen molar-refractivity contribution in [1.82, 2.24) is 14.6 Å². The Labute approximate surface area is 149 Å². The normalized spacial score (nSPS) is 10.5. The third-order valence-electron chi connectivity index (χ3n) is 3.94. The largest absolute Gasteiger partial charge is 0.289 e. The van der Waals surface area contributed by atoms with Crippen LogP contribution in [-0.2, 0) is 0 Å². The molecule has 4 heteroatoms. The first-order valence-electron chi connectivity index (χ1n) is 8.49. The molecular formula is C21H24N4. The smallest absolute Gasteiger partial charge is 0.160 e. The average Bonchev–Trinajstić information content (AvgIpc) is 3.05. The quantitative estimate of drug-likeness (QED) is 0.676. The van der Waals surface area contributed by atoms with Crippen LogP contribution in [0.1, 0.15) is 47.6 Å². The first-order chi connectivity index (χ1) is 12.0. The Morgan fingerprint density at radius 1 is 1.16 bits per heavy atom. The van der Waals surface area contributed by atoms with E-state index in [2.05, 4.69) is 48.3 Å². The Hall–Kier alpha value is -2.93. The summed E-state index contributed by atoms with van der Waals surface area (Å²) in [6, 6.07) is 10.3. The SMILES string of the molecule is CCC/C=C\c1cc(C#N)c(C)cc1C.Cc1ccn2cnnc2c1. The van der Waals surface area contributed by atoms with Crippen LogP contribution in [0.25, 0.3) is 11.7 Å². The van der Waals surface area contributed by atoms with Crippen molar-refractivity contribution in [2.45, 2.75) is 40.5 Å². The van der Waals surface area contributed by atoms with E-state index in [1.165, 1.54) is 11.1 Å². The molecule has 4 nitrogen and oxygen atoms in total. The standard InChI is InChI=1S/C14H17N.C7H7N3/c1-4-5-6-7-13-9-14(10-15)12(3)8-11(13)2;1-6-2-3-10-5-8-9-7(10)4-6/h6-9H,4-5H2,1-3H3;2-5H,1H3/b7-6-;. The second kappa shape index (κ2) is 8.79. The fourth-order valence-electron chi connectivity index (χ4n) is 2.47. The Kier molecular flexibility index (Phi) is 6.47. The predicted molar refractivity (Wildman–Crippen MR) is 102 cm³/mol. The van der Waals surface area contributed by atoms with Gasteiger partial charge in [-0.15, -0.1) is 10.2 Å². The van der Waals surface area contributed by atoms with Crippen LogP contribution >= 0.6 is 0 Å². The first kappa shape index (κ1) is 18.4. The lowest BCUT2D eigenvalue weighted by atomic mass is 10.00. The van der Waals surface area contributed by atoms with Gasteiger partial charge >= 0.3 is 0 Å². The molecule has 25 heavy (non-hydrogen) atoms. The fourth-order valence-corrected chi connectivity index (χ4v) is 2.47. The molecule has 2 heterocycles. The minimum atomic E-state index is 0.775. The van der Waals surface area contributed by atoms with Crippen molar-refractivity contribution in [2.75, 3.05) is 0 Å². The number of benzene rings is 1. The molecule has 0 saturated heterocycles. The van der Waals surface area contributed by atoms with Gasteiger partial charge in [-0.2, -0.15) is 5.26 Å². The lowest BCUT2D eigenvalue weighted by Gasteiger charge is -2.04. The third kappa shape index (κ3) is 5.02. The highest BCUT2D eigenvalue weighted by Crippen LogP contribution is 2.17. The summed E-state index contributed by atoms with van der Waals surface area (Å²) in [5, 5.41) is 16.6. The van der Waals surface area contributed by atoms with Crippen molar-refractivity contribution in [2.24, 2.45) is 0 Å². The summed E-state index contributed by atoms with van der Waals surface area (Å²) >= 11 is 0. The van der Waals surface area contributed by atoms with E-state index in [1.54, 1.807) is 6.33 Å². The van der Waals surface area contributed by atoms with Crippen LogP contribution in [-0.4, -0.2) is 14.6 Å². The zero-order valence-electron chi connectivity index (χ0n) is 15.3. The molecule has 0 amide bonds. The molecule has 0 unspecified atom stereocenters. The summed E-state index contributed by atoms with van der Waals surface area (Å²) in [6.07, 6.45) is 10.2. The topological polar surface area (TPSA) is 54.0 Å². The number of nitrogens with zero attached hydrogens (tertiary/aromatic N) is 4. The Bertz CT molecular complexity index is 913. The van der Waals surface area contributed by atoms with E-state index in [-0.39, 0.29) is 0 Å². The first-order valence-corrected chi connectivity index (χ1v) is 8.49. The van der Waals surface area contributed by atoms with E-state index in [9.17, 15) is 0 Å². The molecule has 0 radical (unpaired) electrons. The molecule has 0 spiro atoms. The van der Waals surface area contributed by atoms with Crippen molar-refractivity contribution in [3.05, 3.63) is 70.7 Å². The number of nitriles is 1. The number of aromatic nitrogens is 3. The maximum Gasteiger partial charge on any atom is 0.160 e. The molecule has 0 N–H and O–H groups in total. The van der Waals surface area contributed by atoms with Crippen molar-refractivity contribution >= 4 is 11.7 Å². The molecule has 1 aromatic carbocycles. The van der Waals surface area contributed by atoms with Crippen molar-refractivity contribution < 1.29 is 0 Å². The molecule has 0 aliphatic heterocycles. The second-order valence-electron chi connectivity index (χ2n) is 6.13. The van der Waals surface area contributed by atoms with E-state index in [0.717, 1.165) is 35.2 Å². The molecular weight excluding hydrogens is 308 g/mol. The minimum absolute atomic E-state index is 0.775. The summed E-state index contributed by atoms with van der Waals surface area (Å²) < 4.78 is 1.88. The summed E-state index contributed by atoms with van der Waals surface area (Å²) in [6.45, 7) is 8.26. The van der Waals surface area contributed by atoms with Gasteiger partial charge in [-0.3, -0.25) is 4.40 Å². The molecule has 128 valence electrons. The highest BCUT2D eigenvalue weighted by Gasteiger charge is 2.01. The van der Waals surface area contributed by atoms with Crippen LogP contribution in [0.3, 0.4) is 0 Å². The summed E-state index contributed by atoms with van der Waals surface area (Å²) in [5.41, 5.74) is 6.34. The zero-order chi connectivity index (χ0) is 18.2. The number of rotatable bonds is 3. The third-order valence-corrected chi connectivity index (χ3v) is 3.94. The summed E-state index contributed by atoms with van der Waals surface area (Å²) in [5.74, 6) is 0. The highest BCUT2D eigenvalue weighted by molar-refractivity contribution is 5.58. The van der Waals surface area contributed by atoms with Gasteiger partial charge in [-0.1, -0.05) is 31.6 Å². The van der Waals surface area contributed by atoms with Gasteiger partial charge in [0.25, 0.3) is 0 Å². The monoisotopic (exact) mass is 332 g/mol. The van der Waals surface area contributed by atoms with E-state index in [1.807, 2.05) is 42.6 Å². The molecule has 0 aliphatic carbocycles. The number of pyridine rings is 1. The lowest BCUT2D eigenvalue weighted by molar-refractivity contribution is 0.962. The van der Waals surface area contributed by atoms with E-state index in [4.69, 9.17) is 5.26 Å². The van der Waals surface area contributed by atoms with Gasteiger partial charge in [0, 0.05) is 6.20 Å². The highest BCUT2D eigenvalue weighted by atomic mass is 15.2. The van der Waals surface area contributed by atoms with Crippen LogP contribution in [0.15, 0.2) is 42.9 Å². The molecule has 3 rings (SSSR count). The summed E-state index contributed by atoms with van der Waals surface area (Å²) in [4.78, 5) is 0. The maximum absolute atomic E-state index is 8.93. The van der Waals surface area contributed by atoms with Crippen LogP contribution in [0.4, 0.5) is 0 Å². The number of unbranched alkanes of at least 4 members (excludes halogenated alkanes) is 1. The number of hydrogen-bond acceptors (Lipinski definition) is 3. The van der Waals surface area contributed by atoms with Gasteiger partial charge in [-0.25, -0.2) is 0 Å². The van der Waals surface area contributed by atoms with Gasteiger partial charge in [0.2, 0.25) is 0 Å². The van der Waals surface area contributed by atoms with Crippen molar-refractivity contribution in [3.8, 4) is 6.07 Å². The fraction of sp³-hybridized carbons (Fsp3) is 0.286. The van der Waals surface area contributed by atoms with E-state index in [0.29, 0.717) is 0 Å². The van der Waals surface area contributed by atoms with Crippen molar-refractivity contribution in [3.63, 3.8) is 0 Å². The Morgan fingerprint density at radius 3 is 2.68 bits per heavy atom. The molecule has 3 aromatic rings. The number of allylic oxidation sites excluding steroid dienone is 1. The van der Waals surface area contributed by atoms with Gasteiger partial charge in [-0.05, 0) is 67.6 Å². The lowest BCUT2D eigenvalue weighted by Crippen LogP contribution is -1.88. The van der Waals surface area contributed by atoms with Crippen LogP contribution in [0, 0.1) is 32.1 Å². The van der Waals surface area contributed by atoms with Gasteiger partial charge in [0.05, 0.1) is 11.6 Å². The van der Waals surface area contributed by atoms with Gasteiger partial charge < -0.3 is 0 Å². The Balaban J connectivity index is 0.000000194. The van der Waals surface area contributed by atoms with Gasteiger partial charge in [0.1, 0.15) is 6.33 Å². The predicted octanol–water partition coefficient (Wildman–Crippen LogP) is 5.03. The average molecular weight is 332 g/mol. The molecule has 0 saturated carbocycles. The number of aryl methyl sites for hydroxylation is 3. The number of fused-ring (bicyclic) bond motifs is 1. The molecule has 0 aliphatic rings. The van der Waals surface area contributed by atoms with E-state index < -0.39 is 0 Å². The molecule has 0 fully saturated rings. The van der Waals surface area contributed by atoms with Crippen LogP contribution in [0.2, 0.25) is 0 Å². The van der Waals surface area contributed by atoms with E-state index >= 15 is 0 Å². The molecule has 2 aromatic heterocycles.